The van der Waals surface area contributed by atoms with Gasteiger partial charge in [0.05, 0.1) is 5.69 Å². The summed E-state index contributed by atoms with van der Waals surface area (Å²) in [6.45, 7) is 0.253. The normalized spacial score (nSPS) is 10.8. The number of rotatable bonds is 7. The number of aromatic nitrogens is 3. The van der Waals surface area contributed by atoms with E-state index in [2.05, 4.69) is 15.0 Å². The van der Waals surface area contributed by atoms with E-state index in [1.54, 1.807) is 18.5 Å². The predicted octanol–water partition coefficient (Wildman–Crippen LogP) is 4.65. The van der Waals surface area contributed by atoms with Crippen molar-refractivity contribution in [1.82, 2.24) is 15.0 Å². The molecule has 7 heteroatoms. The number of carbonyl (C=O) groups excluding carboxylic acids is 1. The van der Waals surface area contributed by atoms with E-state index in [9.17, 15) is 4.79 Å². The van der Waals surface area contributed by atoms with E-state index in [-0.39, 0.29) is 18.3 Å². The molecule has 0 aliphatic heterocycles. The maximum atomic E-state index is 12.6. The molecule has 0 atom stereocenters. The third kappa shape index (κ3) is 4.55. The number of nitrogen functional groups attached to an aromatic ring is 1. The number of aryl methyl sites for hydroxylation is 1. The number of ether oxygens (including phenoxy) is 1. The molecule has 3 aromatic heterocycles. The van der Waals surface area contributed by atoms with Gasteiger partial charge in [0.15, 0.2) is 5.78 Å². The van der Waals surface area contributed by atoms with Gasteiger partial charge in [-0.15, -0.1) is 0 Å². The third-order valence-corrected chi connectivity index (χ3v) is 4.98. The van der Waals surface area contributed by atoms with Crippen molar-refractivity contribution < 1.29 is 9.53 Å². The number of Topliss-reactive ketones (excluding diaryl/α,β-unsaturated/α-hetero) is 1. The molecule has 30 heavy (non-hydrogen) atoms. The van der Waals surface area contributed by atoms with Crippen LogP contribution in [0.5, 0.6) is 5.88 Å². The largest absolute Gasteiger partial charge is 0.470 e. The highest BCUT2D eigenvalue weighted by molar-refractivity contribution is 6.32. The summed E-state index contributed by atoms with van der Waals surface area (Å²) in [6.07, 6.45) is 5.81. The molecule has 6 nitrogen and oxygen atoms in total. The van der Waals surface area contributed by atoms with Crippen LogP contribution < -0.4 is 10.5 Å². The van der Waals surface area contributed by atoms with E-state index >= 15 is 0 Å². The summed E-state index contributed by atoms with van der Waals surface area (Å²) in [4.78, 5) is 25.1. The van der Waals surface area contributed by atoms with Crippen LogP contribution in [-0.2, 0) is 13.0 Å². The maximum Gasteiger partial charge on any atom is 0.232 e. The lowest BCUT2D eigenvalue weighted by molar-refractivity contribution is 0.0982. The molecule has 0 spiro atoms. The van der Waals surface area contributed by atoms with Crippen LogP contribution in [0.25, 0.3) is 10.8 Å². The molecular formula is C23H19ClN4O2. The van der Waals surface area contributed by atoms with Crippen LogP contribution in [0, 0.1) is 0 Å². The van der Waals surface area contributed by atoms with Gasteiger partial charge >= 0.3 is 0 Å². The minimum absolute atomic E-state index is 0.0324. The maximum absolute atomic E-state index is 12.6. The number of hydrogen-bond acceptors (Lipinski definition) is 6. The van der Waals surface area contributed by atoms with Crippen molar-refractivity contribution in [3.63, 3.8) is 0 Å². The molecule has 0 aliphatic rings. The lowest BCUT2D eigenvalue weighted by atomic mass is 10.0. The van der Waals surface area contributed by atoms with Gasteiger partial charge in [0.25, 0.3) is 0 Å². The van der Waals surface area contributed by atoms with E-state index < -0.39 is 0 Å². The molecule has 4 rings (SSSR count). The number of carbonyl (C=O) groups is 1. The summed E-state index contributed by atoms with van der Waals surface area (Å²) in [5, 5.41) is 2.21. The number of anilines is 1. The summed E-state index contributed by atoms with van der Waals surface area (Å²) in [5.41, 5.74) is 8.16. The number of benzene rings is 1. The molecule has 1 aromatic carbocycles. The zero-order valence-corrected chi connectivity index (χ0v) is 16.8. The Hall–Kier alpha value is -3.51. The molecule has 0 fully saturated rings. The molecule has 0 unspecified atom stereocenters. The Labute approximate surface area is 178 Å². The Balaban J connectivity index is 1.39. The number of fused-ring (bicyclic) bond motifs is 1. The van der Waals surface area contributed by atoms with Gasteiger partial charge in [-0.25, -0.2) is 9.97 Å². The van der Waals surface area contributed by atoms with Crippen molar-refractivity contribution in [2.45, 2.75) is 19.4 Å². The summed E-state index contributed by atoms with van der Waals surface area (Å²) in [5.74, 6) is 0.746. The smallest absolute Gasteiger partial charge is 0.232 e. The zero-order chi connectivity index (χ0) is 20.9. The van der Waals surface area contributed by atoms with Crippen LogP contribution >= 0.6 is 11.6 Å². The van der Waals surface area contributed by atoms with E-state index in [1.807, 2.05) is 42.5 Å². The lowest BCUT2D eigenvalue weighted by Crippen LogP contribution is -2.04. The third-order valence-electron chi connectivity index (χ3n) is 4.71. The highest BCUT2D eigenvalue weighted by Gasteiger charge is 2.12. The quantitative estimate of drug-likeness (QED) is 0.439. The van der Waals surface area contributed by atoms with Crippen molar-refractivity contribution in [3.05, 3.63) is 89.0 Å². The number of hydrogen-bond donors (Lipinski definition) is 1. The number of nitrogens with zero attached hydrogens (tertiary/aromatic N) is 3. The first kappa shape index (κ1) is 19.8. The van der Waals surface area contributed by atoms with Gasteiger partial charge in [0.1, 0.15) is 17.4 Å². The summed E-state index contributed by atoms with van der Waals surface area (Å²) >= 11 is 6.26. The second-order valence-corrected chi connectivity index (χ2v) is 7.20. The van der Waals surface area contributed by atoms with E-state index in [1.165, 1.54) is 6.20 Å². The van der Waals surface area contributed by atoms with Gasteiger partial charge in [-0.05, 0) is 41.6 Å². The van der Waals surface area contributed by atoms with Gasteiger partial charge in [-0.1, -0.05) is 35.9 Å². The number of nitrogens with two attached hydrogens (primary N) is 1. The van der Waals surface area contributed by atoms with Crippen molar-refractivity contribution in [3.8, 4) is 5.88 Å². The standard InChI is InChI=1S/C23H19ClN4O2/c24-20-12-17(13-28-23(20)30-14-18-3-1-2-9-26-18)21(29)7-5-15-4-6-19-16(11-15)8-10-27-22(19)25/h1-4,6,8-13H,5,7,14H2,(H2,25,27). The molecule has 0 saturated heterocycles. The average molecular weight is 419 g/mol. The molecular weight excluding hydrogens is 400 g/mol. The van der Waals surface area contributed by atoms with Crippen molar-refractivity contribution in [2.75, 3.05) is 5.73 Å². The minimum atomic E-state index is -0.0324. The average Bonchev–Trinajstić information content (AvgIpc) is 2.77. The second-order valence-electron chi connectivity index (χ2n) is 6.80. The van der Waals surface area contributed by atoms with Crippen LogP contribution in [0.3, 0.4) is 0 Å². The fraction of sp³-hybridized carbons (Fsp3) is 0.130. The van der Waals surface area contributed by atoms with Gasteiger partial charge in [0.2, 0.25) is 5.88 Å². The van der Waals surface area contributed by atoms with Crippen molar-refractivity contribution in [2.24, 2.45) is 0 Å². The van der Waals surface area contributed by atoms with Gasteiger partial charge < -0.3 is 10.5 Å². The summed E-state index contributed by atoms with van der Waals surface area (Å²) in [7, 11) is 0. The highest BCUT2D eigenvalue weighted by Crippen LogP contribution is 2.25. The SMILES string of the molecule is Nc1nccc2cc(CCC(=O)c3cnc(OCc4ccccn4)c(Cl)c3)ccc12. The Morgan fingerprint density at radius 1 is 1.03 bits per heavy atom. The highest BCUT2D eigenvalue weighted by atomic mass is 35.5. The molecule has 0 bridgehead atoms. The van der Waals surface area contributed by atoms with E-state index in [0.717, 1.165) is 22.0 Å². The fourth-order valence-corrected chi connectivity index (χ4v) is 3.34. The fourth-order valence-electron chi connectivity index (χ4n) is 3.12. The second kappa shape index (κ2) is 8.88. The van der Waals surface area contributed by atoms with Crippen LogP contribution in [0.15, 0.2) is 67.1 Å². The van der Waals surface area contributed by atoms with Gasteiger partial charge in [-0.3, -0.25) is 9.78 Å². The Kier molecular flexibility index (Phi) is 5.86. The Bertz CT molecular complexity index is 1200. The Morgan fingerprint density at radius 2 is 1.93 bits per heavy atom. The van der Waals surface area contributed by atoms with Crippen LogP contribution in [-0.4, -0.2) is 20.7 Å². The van der Waals surface area contributed by atoms with Crippen LogP contribution in [0.1, 0.15) is 28.0 Å². The predicted molar refractivity (Wildman–Crippen MR) is 117 cm³/mol. The molecule has 0 radical (unpaired) electrons. The minimum Gasteiger partial charge on any atom is -0.470 e. The van der Waals surface area contributed by atoms with Crippen molar-refractivity contribution >= 4 is 34.0 Å². The molecule has 0 aliphatic carbocycles. The Morgan fingerprint density at radius 3 is 2.73 bits per heavy atom. The summed E-state index contributed by atoms with van der Waals surface area (Å²) < 4.78 is 5.61. The lowest BCUT2D eigenvalue weighted by Gasteiger charge is -2.08. The number of halogens is 1. The molecule has 4 aromatic rings. The van der Waals surface area contributed by atoms with Gasteiger partial charge in [0, 0.05) is 36.0 Å². The monoisotopic (exact) mass is 418 g/mol. The molecule has 0 amide bonds. The molecule has 2 N–H and O–H groups in total. The van der Waals surface area contributed by atoms with Crippen LogP contribution in [0.2, 0.25) is 5.02 Å². The van der Waals surface area contributed by atoms with E-state index in [4.69, 9.17) is 22.1 Å². The topological polar surface area (TPSA) is 91.0 Å². The summed E-state index contributed by atoms with van der Waals surface area (Å²) in [6, 6.07) is 15.0. The van der Waals surface area contributed by atoms with Crippen LogP contribution in [0.4, 0.5) is 5.82 Å². The molecule has 0 saturated carbocycles. The van der Waals surface area contributed by atoms with Crippen molar-refractivity contribution in [1.29, 1.82) is 0 Å². The van der Waals surface area contributed by atoms with E-state index in [0.29, 0.717) is 29.2 Å². The first-order valence-electron chi connectivity index (χ1n) is 9.45. The first-order chi connectivity index (χ1) is 14.6. The number of ketones is 1. The van der Waals surface area contributed by atoms with Gasteiger partial charge in [-0.2, -0.15) is 0 Å². The first-order valence-corrected chi connectivity index (χ1v) is 9.82. The molecule has 3 heterocycles. The number of pyridine rings is 3. The molecule has 150 valence electrons. The zero-order valence-electron chi connectivity index (χ0n) is 16.1.